The van der Waals surface area contributed by atoms with E-state index in [9.17, 15) is 4.39 Å². The summed E-state index contributed by atoms with van der Waals surface area (Å²) in [6, 6.07) is 7.22. The van der Waals surface area contributed by atoms with Gasteiger partial charge in [0.2, 0.25) is 0 Å². The van der Waals surface area contributed by atoms with Crippen LogP contribution in [0.1, 0.15) is 52.1 Å². The highest BCUT2D eigenvalue weighted by atomic mass is 19.1. The summed E-state index contributed by atoms with van der Waals surface area (Å²) in [6.07, 6.45) is 2.33. The first-order valence-electron chi connectivity index (χ1n) is 8.34. The van der Waals surface area contributed by atoms with Gasteiger partial charge in [0.25, 0.3) is 0 Å². The maximum Gasteiger partial charge on any atom is 0.127 e. The zero-order valence-electron chi connectivity index (χ0n) is 14.0. The van der Waals surface area contributed by atoms with Gasteiger partial charge in [0.1, 0.15) is 5.82 Å². The van der Waals surface area contributed by atoms with Gasteiger partial charge in [0.15, 0.2) is 0 Å². The van der Waals surface area contributed by atoms with Crippen LogP contribution >= 0.6 is 0 Å². The van der Waals surface area contributed by atoms with Crippen molar-refractivity contribution in [2.75, 3.05) is 26.2 Å². The molecule has 0 bridgehead atoms. The molecule has 0 saturated carbocycles. The molecule has 0 fully saturated rings. The Morgan fingerprint density at radius 1 is 1.10 bits per heavy atom. The second kappa shape index (κ2) is 9.91. The SMILES string of the molecule is CCCN(CCC)CC(C)C(NCC)c1ccccc1F. The lowest BCUT2D eigenvalue weighted by atomic mass is 9.93. The Hall–Kier alpha value is -0.930. The maximum atomic E-state index is 14.1. The maximum absolute atomic E-state index is 14.1. The molecule has 2 unspecified atom stereocenters. The molecule has 120 valence electrons. The van der Waals surface area contributed by atoms with Crippen LogP contribution in [0.2, 0.25) is 0 Å². The van der Waals surface area contributed by atoms with Crippen LogP contribution in [-0.4, -0.2) is 31.1 Å². The minimum absolute atomic E-state index is 0.0763. The molecule has 0 aliphatic heterocycles. The first-order valence-corrected chi connectivity index (χ1v) is 8.34. The van der Waals surface area contributed by atoms with Crippen molar-refractivity contribution in [3.05, 3.63) is 35.6 Å². The van der Waals surface area contributed by atoms with Gasteiger partial charge in [0.05, 0.1) is 0 Å². The van der Waals surface area contributed by atoms with Gasteiger partial charge in [-0.15, -0.1) is 0 Å². The summed E-state index contributed by atoms with van der Waals surface area (Å²) in [5.74, 6) is 0.271. The average molecular weight is 294 g/mol. The molecule has 1 rings (SSSR count). The molecule has 0 spiro atoms. The van der Waals surface area contributed by atoms with Gasteiger partial charge in [-0.3, -0.25) is 0 Å². The second-order valence-electron chi connectivity index (χ2n) is 5.83. The Labute approximate surface area is 129 Å². The van der Waals surface area contributed by atoms with Crippen LogP contribution in [0.15, 0.2) is 24.3 Å². The summed E-state index contributed by atoms with van der Waals surface area (Å²) in [5, 5.41) is 3.46. The van der Waals surface area contributed by atoms with Crippen LogP contribution in [0.5, 0.6) is 0 Å². The molecular weight excluding hydrogens is 263 g/mol. The fourth-order valence-electron chi connectivity index (χ4n) is 3.00. The number of halogens is 1. The molecule has 0 amide bonds. The van der Waals surface area contributed by atoms with Crippen LogP contribution in [0.3, 0.4) is 0 Å². The minimum atomic E-state index is -0.104. The van der Waals surface area contributed by atoms with Crippen molar-refractivity contribution in [2.24, 2.45) is 5.92 Å². The fraction of sp³-hybridized carbons (Fsp3) is 0.667. The van der Waals surface area contributed by atoms with E-state index in [0.29, 0.717) is 5.92 Å². The van der Waals surface area contributed by atoms with E-state index in [-0.39, 0.29) is 11.9 Å². The highest BCUT2D eigenvalue weighted by Crippen LogP contribution is 2.25. The van der Waals surface area contributed by atoms with E-state index in [2.05, 4.69) is 37.9 Å². The van der Waals surface area contributed by atoms with Gasteiger partial charge in [-0.05, 0) is 44.5 Å². The quantitative estimate of drug-likeness (QED) is 0.694. The summed E-state index contributed by atoms with van der Waals surface area (Å²) in [4.78, 5) is 2.50. The van der Waals surface area contributed by atoms with Crippen molar-refractivity contribution in [1.29, 1.82) is 0 Å². The van der Waals surface area contributed by atoms with E-state index < -0.39 is 0 Å². The van der Waals surface area contributed by atoms with Gasteiger partial charge < -0.3 is 10.2 Å². The topological polar surface area (TPSA) is 15.3 Å². The van der Waals surface area contributed by atoms with Gasteiger partial charge in [0, 0.05) is 18.2 Å². The lowest BCUT2D eigenvalue weighted by molar-refractivity contribution is 0.210. The number of hydrogen-bond acceptors (Lipinski definition) is 2. The van der Waals surface area contributed by atoms with Crippen molar-refractivity contribution in [3.8, 4) is 0 Å². The Morgan fingerprint density at radius 2 is 1.71 bits per heavy atom. The lowest BCUT2D eigenvalue weighted by Gasteiger charge is -2.31. The summed E-state index contributed by atoms with van der Waals surface area (Å²) >= 11 is 0. The summed E-state index contributed by atoms with van der Waals surface area (Å²) in [6.45, 7) is 12.8. The molecule has 0 radical (unpaired) electrons. The van der Waals surface area contributed by atoms with Crippen LogP contribution in [0.25, 0.3) is 0 Å². The van der Waals surface area contributed by atoms with Crippen LogP contribution < -0.4 is 5.32 Å². The highest BCUT2D eigenvalue weighted by Gasteiger charge is 2.22. The van der Waals surface area contributed by atoms with Crippen molar-refractivity contribution in [2.45, 2.75) is 46.6 Å². The average Bonchev–Trinajstić information content (AvgIpc) is 2.46. The highest BCUT2D eigenvalue weighted by molar-refractivity contribution is 5.22. The number of benzene rings is 1. The molecule has 1 N–H and O–H groups in total. The van der Waals surface area contributed by atoms with E-state index in [4.69, 9.17) is 0 Å². The molecule has 0 aliphatic carbocycles. The normalized spacial score (nSPS) is 14.4. The third-order valence-corrected chi connectivity index (χ3v) is 3.86. The number of hydrogen-bond donors (Lipinski definition) is 1. The molecular formula is C18H31FN2. The van der Waals surface area contributed by atoms with Gasteiger partial charge >= 0.3 is 0 Å². The van der Waals surface area contributed by atoms with Gasteiger partial charge in [-0.1, -0.05) is 45.9 Å². The van der Waals surface area contributed by atoms with Crippen LogP contribution in [0.4, 0.5) is 4.39 Å². The van der Waals surface area contributed by atoms with Crippen molar-refractivity contribution in [3.63, 3.8) is 0 Å². The zero-order chi connectivity index (χ0) is 15.7. The predicted molar refractivity (Wildman–Crippen MR) is 89.0 cm³/mol. The Balaban J connectivity index is 2.81. The minimum Gasteiger partial charge on any atom is -0.310 e. The van der Waals surface area contributed by atoms with Crippen molar-refractivity contribution < 1.29 is 4.39 Å². The molecule has 0 saturated heterocycles. The van der Waals surface area contributed by atoms with Gasteiger partial charge in [-0.25, -0.2) is 4.39 Å². The monoisotopic (exact) mass is 294 g/mol. The number of nitrogens with one attached hydrogen (secondary N) is 1. The predicted octanol–water partition coefficient (Wildman–Crippen LogP) is 4.23. The zero-order valence-corrected chi connectivity index (χ0v) is 14.0. The van der Waals surface area contributed by atoms with Crippen molar-refractivity contribution in [1.82, 2.24) is 10.2 Å². The van der Waals surface area contributed by atoms with E-state index in [1.807, 2.05) is 12.1 Å². The Kier molecular flexibility index (Phi) is 8.55. The van der Waals surface area contributed by atoms with Crippen LogP contribution in [-0.2, 0) is 0 Å². The molecule has 0 heterocycles. The van der Waals surface area contributed by atoms with Crippen molar-refractivity contribution >= 4 is 0 Å². The smallest absolute Gasteiger partial charge is 0.127 e. The summed E-state index contributed by atoms with van der Waals surface area (Å²) in [5.41, 5.74) is 0.791. The lowest BCUT2D eigenvalue weighted by Crippen LogP contribution is -2.37. The van der Waals surface area contributed by atoms with E-state index in [1.54, 1.807) is 12.1 Å². The molecule has 1 aromatic carbocycles. The van der Waals surface area contributed by atoms with E-state index >= 15 is 0 Å². The largest absolute Gasteiger partial charge is 0.310 e. The second-order valence-corrected chi connectivity index (χ2v) is 5.83. The third-order valence-electron chi connectivity index (χ3n) is 3.86. The van der Waals surface area contributed by atoms with E-state index in [1.165, 1.54) is 0 Å². The molecule has 2 nitrogen and oxygen atoms in total. The fourth-order valence-corrected chi connectivity index (χ4v) is 3.00. The standard InChI is InChI=1S/C18H31FN2/c1-5-12-21(13-6-2)14-15(4)18(20-7-3)16-10-8-9-11-17(16)19/h8-11,15,18,20H,5-7,12-14H2,1-4H3. The number of rotatable bonds is 10. The molecule has 0 aliphatic rings. The number of nitrogens with zero attached hydrogens (tertiary/aromatic N) is 1. The molecule has 21 heavy (non-hydrogen) atoms. The first-order chi connectivity index (χ1) is 10.1. The first kappa shape index (κ1) is 18.1. The Bertz CT molecular complexity index is 389. The Morgan fingerprint density at radius 3 is 2.24 bits per heavy atom. The van der Waals surface area contributed by atoms with E-state index in [0.717, 1.165) is 44.6 Å². The molecule has 2 atom stereocenters. The molecule has 1 aromatic rings. The third kappa shape index (κ3) is 5.76. The molecule has 3 heteroatoms. The van der Waals surface area contributed by atoms with Gasteiger partial charge in [-0.2, -0.15) is 0 Å². The molecule has 0 aromatic heterocycles. The van der Waals surface area contributed by atoms with Crippen LogP contribution in [0, 0.1) is 11.7 Å². The summed E-state index contributed by atoms with van der Waals surface area (Å²) in [7, 11) is 0. The summed E-state index contributed by atoms with van der Waals surface area (Å²) < 4.78 is 14.1.